The summed E-state index contributed by atoms with van der Waals surface area (Å²) in [6, 6.07) is 0. The molecule has 4 aliphatic rings. The molecule has 0 heterocycles. The molecule has 3 N–H and O–H groups in total. The molecule has 0 aromatic heterocycles. The monoisotopic (exact) mass is 254 g/mol. The highest BCUT2D eigenvalue weighted by Gasteiger charge is 2.68. The second-order valence-corrected chi connectivity index (χ2v) is 6.84. The second kappa shape index (κ2) is 3.26. The Morgan fingerprint density at radius 3 is 1.83 bits per heavy atom. The Morgan fingerprint density at radius 2 is 1.44 bits per heavy atom. The molecule has 4 rings (SSSR count). The van der Waals surface area contributed by atoms with Crippen molar-refractivity contribution in [2.75, 3.05) is 6.61 Å². The van der Waals surface area contributed by atoms with Crippen molar-refractivity contribution in [2.45, 2.75) is 38.5 Å². The summed E-state index contributed by atoms with van der Waals surface area (Å²) in [6.45, 7) is -0.0897. The maximum Gasteiger partial charge on any atom is 0.309 e. The van der Waals surface area contributed by atoms with Crippen molar-refractivity contribution < 1.29 is 24.9 Å². The summed E-state index contributed by atoms with van der Waals surface area (Å²) in [5.74, 6) is -1.62. The van der Waals surface area contributed by atoms with Crippen LogP contribution >= 0.6 is 0 Å². The van der Waals surface area contributed by atoms with E-state index in [0.29, 0.717) is 25.7 Å². The Labute approximate surface area is 105 Å². The van der Waals surface area contributed by atoms with Crippen molar-refractivity contribution in [3.63, 3.8) is 0 Å². The molecule has 0 aromatic rings. The first-order chi connectivity index (χ1) is 8.35. The minimum Gasteiger partial charge on any atom is -0.481 e. The molecule has 5 nitrogen and oxygen atoms in total. The topological polar surface area (TPSA) is 94.8 Å². The molecule has 100 valence electrons. The van der Waals surface area contributed by atoms with Crippen molar-refractivity contribution in [3.8, 4) is 0 Å². The van der Waals surface area contributed by atoms with E-state index in [1.165, 1.54) is 0 Å². The zero-order valence-corrected chi connectivity index (χ0v) is 10.2. The first kappa shape index (κ1) is 12.0. The Hall–Kier alpha value is -1.10. The molecule has 0 amide bonds. The zero-order valence-electron chi connectivity index (χ0n) is 10.2. The van der Waals surface area contributed by atoms with Crippen LogP contribution in [-0.4, -0.2) is 33.9 Å². The SMILES string of the molecule is O=C(O)C12CC3CC(CO)(C1)CC(C(=O)O)(C3)C2. The predicted octanol–water partition coefficient (Wildman–Crippen LogP) is 1.10. The van der Waals surface area contributed by atoms with Crippen molar-refractivity contribution in [3.05, 3.63) is 0 Å². The van der Waals surface area contributed by atoms with Crippen LogP contribution in [-0.2, 0) is 9.59 Å². The van der Waals surface area contributed by atoms with Gasteiger partial charge in [-0.1, -0.05) is 0 Å². The van der Waals surface area contributed by atoms with Crippen LogP contribution in [0.2, 0.25) is 0 Å². The average molecular weight is 254 g/mol. The lowest BCUT2D eigenvalue weighted by atomic mass is 9.39. The van der Waals surface area contributed by atoms with Gasteiger partial charge in [0.25, 0.3) is 0 Å². The van der Waals surface area contributed by atoms with Gasteiger partial charge in [-0.3, -0.25) is 9.59 Å². The molecule has 2 atom stereocenters. The lowest BCUT2D eigenvalue weighted by Crippen LogP contribution is -2.62. The van der Waals surface area contributed by atoms with Gasteiger partial charge in [0.15, 0.2) is 0 Å². The number of carboxylic acids is 2. The van der Waals surface area contributed by atoms with Gasteiger partial charge in [0.05, 0.1) is 10.8 Å². The van der Waals surface area contributed by atoms with Gasteiger partial charge in [-0.15, -0.1) is 0 Å². The normalized spacial score (nSPS) is 49.3. The third-order valence-corrected chi connectivity index (χ3v) is 5.43. The van der Waals surface area contributed by atoms with Crippen LogP contribution in [0.25, 0.3) is 0 Å². The number of carbonyl (C=O) groups is 2. The molecule has 0 aliphatic heterocycles. The van der Waals surface area contributed by atoms with E-state index in [4.69, 9.17) is 0 Å². The standard InChI is InChI=1S/C13H18O5/c14-7-11-1-8-2-12(4-11,9(15)16)6-13(3-8,5-11)10(17)18/h8,14H,1-7H2,(H,15,16)(H,17,18). The van der Waals surface area contributed by atoms with E-state index in [9.17, 15) is 24.9 Å². The molecular formula is C13H18O5. The molecule has 0 radical (unpaired) electrons. The second-order valence-electron chi connectivity index (χ2n) is 6.84. The van der Waals surface area contributed by atoms with Crippen LogP contribution in [0, 0.1) is 22.2 Å². The molecule has 4 bridgehead atoms. The Kier molecular flexibility index (Phi) is 2.17. The molecule has 0 saturated heterocycles. The van der Waals surface area contributed by atoms with Gasteiger partial charge >= 0.3 is 11.9 Å². The number of aliphatic carboxylic acids is 2. The molecule has 4 saturated carbocycles. The molecule has 2 unspecified atom stereocenters. The van der Waals surface area contributed by atoms with Gasteiger partial charge in [-0.25, -0.2) is 0 Å². The van der Waals surface area contributed by atoms with Gasteiger partial charge in [-0.2, -0.15) is 0 Å². The van der Waals surface area contributed by atoms with Crippen molar-refractivity contribution in [2.24, 2.45) is 22.2 Å². The van der Waals surface area contributed by atoms with Gasteiger partial charge in [0, 0.05) is 6.61 Å². The molecule has 5 heteroatoms. The van der Waals surface area contributed by atoms with Crippen LogP contribution in [0.4, 0.5) is 0 Å². The summed E-state index contributed by atoms with van der Waals surface area (Å²) >= 11 is 0. The van der Waals surface area contributed by atoms with Gasteiger partial charge in [-0.05, 0) is 49.9 Å². The summed E-state index contributed by atoms with van der Waals surface area (Å²) in [5, 5.41) is 28.7. The van der Waals surface area contributed by atoms with E-state index in [-0.39, 0.29) is 18.9 Å². The minimum absolute atomic E-state index is 0.0897. The van der Waals surface area contributed by atoms with Gasteiger partial charge in [0.1, 0.15) is 0 Å². The van der Waals surface area contributed by atoms with E-state index in [2.05, 4.69) is 0 Å². The van der Waals surface area contributed by atoms with E-state index < -0.39 is 28.2 Å². The maximum absolute atomic E-state index is 11.6. The predicted molar refractivity (Wildman–Crippen MR) is 60.8 cm³/mol. The number of aliphatic hydroxyl groups excluding tert-OH is 1. The quantitative estimate of drug-likeness (QED) is 0.701. The lowest BCUT2D eigenvalue weighted by Gasteiger charge is -2.63. The Balaban J connectivity index is 2.09. The number of aliphatic hydroxyl groups is 1. The van der Waals surface area contributed by atoms with Gasteiger partial charge < -0.3 is 15.3 Å². The lowest BCUT2D eigenvalue weighted by molar-refractivity contribution is -0.206. The Morgan fingerprint density at radius 1 is 0.944 bits per heavy atom. The maximum atomic E-state index is 11.6. The summed E-state index contributed by atoms with van der Waals surface area (Å²) in [6.07, 6.45) is 3.07. The fraction of sp³-hybridized carbons (Fsp3) is 0.846. The number of carboxylic acid groups (broad SMARTS) is 2. The van der Waals surface area contributed by atoms with Gasteiger partial charge in [0.2, 0.25) is 0 Å². The molecule has 4 aliphatic carbocycles. The molecule has 0 aromatic carbocycles. The summed E-state index contributed by atoms with van der Waals surface area (Å²) in [4.78, 5) is 23.2. The summed E-state index contributed by atoms with van der Waals surface area (Å²) < 4.78 is 0. The Bertz CT molecular complexity index is 399. The molecule has 0 spiro atoms. The minimum atomic E-state index is -0.916. The number of hydrogen-bond acceptors (Lipinski definition) is 3. The van der Waals surface area contributed by atoms with E-state index in [1.807, 2.05) is 0 Å². The smallest absolute Gasteiger partial charge is 0.309 e. The molecular weight excluding hydrogens is 236 g/mol. The van der Waals surface area contributed by atoms with Crippen molar-refractivity contribution in [1.82, 2.24) is 0 Å². The fourth-order valence-corrected chi connectivity index (χ4v) is 5.29. The van der Waals surface area contributed by atoms with E-state index in [0.717, 1.165) is 6.42 Å². The highest BCUT2D eigenvalue weighted by atomic mass is 16.4. The molecule has 18 heavy (non-hydrogen) atoms. The zero-order chi connectivity index (χ0) is 13.2. The number of rotatable bonds is 3. The van der Waals surface area contributed by atoms with Crippen LogP contribution in [0.3, 0.4) is 0 Å². The third-order valence-electron chi connectivity index (χ3n) is 5.43. The summed E-state index contributed by atoms with van der Waals surface area (Å²) in [7, 11) is 0. The largest absolute Gasteiger partial charge is 0.481 e. The van der Waals surface area contributed by atoms with E-state index in [1.54, 1.807) is 0 Å². The number of hydrogen-bond donors (Lipinski definition) is 3. The van der Waals surface area contributed by atoms with Crippen LogP contribution in [0.5, 0.6) is 0 Å². The van der Waals surface area contributed by atoms with Crippen molar-refractivity contribution in [1.29, 1.82) is 0 Å². The van der Waals surface area contributed by atoms with Crippen LogP contribution in [0.15, 0.2) is 0 Å². The first-order valence-electron chi connectivity index (χ1n) is 6.43. The average Bonchev–Trinajstić information content (AvgIpc) is 2.27. The van der Waals surface area contributed by atoms with Crippen LogP contribution < -0.4 is 0 Å². The summed E-state index contributed by atoms with van der Waals surface area (Å²) in [5.41, 5.74) is -2.31. The fourth-order valence-electron chi connectivity index (χ4n) is 5.29. The van der Waals surface area contributed by atoms with Crippen LogP contribution in [0.1, 0.15) is 38.5 Å². The van der Waals surface area contributed by atoms with E-state index >= 15 is 0 Å². The highest BCUT2D eigenvalue weighted by molar-refractivity contribution is 5.81. The molecule has 4 fully saturated rings. The highest BCUT2D eigenvalue weighted by Crippen LogP contribution is 2.69. The first-order valence-corrected chi connectivity index (χ1v) is 6.43. The third kappa shape index (κ3) is 1.31. The van der Waals surface area contributed by atoms with Crippen molar-refractivity contribution >= 4 is 11.9 Å².